The Morgan fingerprint density at radius 1 is 1.56 bits per heavy atom. The molecule has 0 aliphatic carbocycles. The molecule has 0 aliphatic heterocycles. The number of rotatable bonds is 2. The average Bonchev–Trinajstić information content (AvgIpc) is 1.63. The monoisotopic (exact) mass is 129 g/mol. The molecule has 0 spiro atoms. The lowest BCUT2D eigenvalue weighted by molar-refractivity contribution is -0.132. The Bertz CT molecular complexity index is 133. The normalized spacial score (nSPS) is 8.67. The maximum Gasteiger partial charge on any atom is 0.257 e. The lowest BCUT2D eigenvalue weighted by atomic mass is 10.5. The first-order chi connectivity index (χ1) is 4.04. The van der Waals surface area contributed by atoms with E-state index in [9.17, 15) is 9.59 Å². The molecule has 1 N–H and O–H groups in total. The van der Waals surface area contributed by atoms with E-state index in [1.807, 2.05) is 0 Å². The molecule has 0 aromatic heterocycles. The Balaban J connectivity index is 3.63. The minimum Gasteiger partial charge on any atom is -0.337 e. The van der Waals surface area contributed by atoms with Crippen molar-refractivity contribution in [3.8, 4) is 0 Å². The van der Waals surface area contributed by atoms with Gasteiger partial charge in [0.05, 0.1) is 0 Å². The van der Waals surface area contributed by atoms with Gasteiger partial charge in [0.2, 0.25) is 5.91 Å². The van der Waals surface area contributed by atoms with E-state index in [1.54, 1.807) is 0 Å². The molecule has 0 saturated carbocycles. The van der Waals surface area contributed by atoms with Gasteiger partial charge in [0.25, 0.3) is 5.91 Å². The maximum absolute atomic E-state index is 10.4. The summed E-state index contributed by atoms with van der Waals surface area (Å²) in [6.45, 7) is 1.23. The first-order valence-corrected chi connectivity index (χ1v) is 2.50. The van der Waals surface area contributed by atoms with Crippen molar-refractivity contribution in [3.05, 3.63) is 0 Å². The predicted octanol–water partition coefficient (Wildman–Crippen LogP) is -0.726. The van der Waals surface area contributed by atoms with Gasteiger partial charge in [0.1, 0.15) is 6.54 Å². The standard InChI is InChI=1S/C5H9N2O2/c1-4(8)7(2)3-5(6)9/h6H,3H2,1-2H3. The number of nitrogens with zero attached hydrogens (tertiary/aromatic N) is 1. The zero-order chi connectivity index (χ0) is 7.44. The minimum absolute atomic E-state index is 0.116. The Hall–Kier alpha value is -1.06. The third kappa shape index (κ3) is 3.52. The summed E-state index contributed by atoms with van der Waals surface area (Å²) in [7, 11) is 1.48. The number of carbonyl (C=O) groups excluding carboxylic acids is 2. The molecule has 51 valence electrons. The molecule has 0 aromatic carbocycles. The molecule has 4 nitrogen and oxygen atoms in total. The number of amides is 2. The van der Waals surface area contributed by atoms with Gasteiger partial charge < -0.3 is 4.90 Å². The molecule has 0 heterocycles. The number of carbonyl (C=O) groups is 2. The van der Waals surface area contributed by atoms with E-state index in [4.69, 9.17) is 5.73 Å². The Labute approximate surface area is 53.6 Å². The van der Waals surface area contributed by atoms with Gasteiger partial charge in [-0.3, -0.25) is 15.3 Å². The van der Waals surface area contributed by atoms with E-state index >= 15 is 0 Å². The lowest BCUT2D eigenvalue weighted by Gasteiger charge is -2.10. The van der Waals surface area contributed by atoms with E-state index in [0.717, 1.165) is 0 Å². The van der Waals surface area contributed by atoms with Crippen LogP contribution in [0.1, 0.15) is 6.92 Å². The molecule has 2 amide bonds. The number of likely N-dealkylation sites (N-methyl/N-ethyl adjacent to an activating group) is 1. The van der Waals surface area contributed by atoms with E-state index in [-0.39, 0.29) is 12.5 Å². The molecular weight excluding hydrogens is 120 g/mol. The molecule has 9 heavy (non-hydrogen) atoms. The highest BCUT2D eigenvalue weighted by atomic mass is 16.2. The Morgan fingerprint density at radius 2 is 2.00 bits per heavy atom. The second-order valence-electron chi connectivity index (χ2n) is 1.80. The summed E-state index contributed by atoms with van der Waals surface area (Å²) in [5, 5.41) is 0. The summed E-state index contributed by atoms with van der Waals surface area (Å²) in [5.74, 6) is -0.941. The molecule has 4 heteroatoms. The number of nitrogens with one attached hydrogen (secondary N) is 1. The van der Waals surface area contributed by atoms with Crippen molar-refractivity contribution in [3.63, 3.8) is 0 Å². The second-order valence-corrected chi connectivity index (χ2v) is 1.80. The van der Waals surface area contributed by atoms with Crippen LogP contribution in [0.3, 0.4) is 0 Å². The van der Waals surface area contributed by atoms with Gasteiger partial charge in [-0.15, -0.1) is 0 Å². The summed E-state index contributed by atoms with van der Waals surface area (Å²) in [5.41, 5.74) is 6.47. The summed E-state index contributed by atoms with van der Waals surface area (Å²) in [6, 6.07) is 0. The van der Waals surface area contributed by atoms with Crippen molar-refractivity contribution in [2.24, 2.45) is 0 Å². The first kappa shape index (κ1) is 7.94. The van der Waals surface area contributed by atoms with E-state index in [0.29, 0.717) is 0 Å². The van der Waals surface area contributed by atoms with Gasteiger partial charge in [-0.1, -0.05) is 0 Å². The molecule has 0 fully saturated rings. The number of hydrogen-bond acceptors (Lipinski definition) is 2. The second kappa shape index (κ2) is 3.06. The minimum atomic E-state index is -0.743. The van der Waals surface area contributed by atoms with Crippen molar-refractivity contribution in [1.82, 2.24) is 10.6 Å². The van der Waals surface area contributed by atoms with E-state index < -0.39 is 5.91 Å². The smallest absolute Gasteiger partial charge is 0.257 e. The van der Waals surface area contributed by atoms with Gasteiger partial charge >= 0.3 is 0 Å². The van der Waals surface area contributed by atoms with Crippen LogP contribution in [-0.4, -0.2) is 30.3 Å². The fraction of sp³-hybridized carbons (Fsp3) is 0.600. The number of hydrogen-bond donors (Lipinski definition) is 0. The largest absolute Gasteiger partial charge is 0.337 e. The molecule has 1 radical (unpaired) electrons. The van der Waals surface area contributed by atoms with E-state index in [2.05, 4.69) is 0 Å². The quantitative estimate of drug-likeness (QED) is 0.493. The summed E-state index contributed by atoms with van der Waals surface area (Å²) in [4.78, 5) is 21.6. The molecule has 0 unspecified atom stereocenters. The summed E-state index contributed by atoms with van der Waals surface area (Å²) in [6.07, 6.45) is 0. The molecular formula is C5H9N2O2. The Kier molecular flexibility index (Phi) is 2.70. The van der Waals surface area contributed by atoms with E-state index in [1.165, 1.54) is 18.9 Å². The topological polar surface area (TPSA) is 61.2 Å². The summed E-state index contributed by atoms with van der Waals surface area (Å²) >= 11 is 0. The van der Waals surface area contributed by atoms with Crippen molar-refractivity contribution in [2.45, 2.75) is 6.92 Å². The van der Waals surface area contributed by atoms with Crippen molar-refractivity contribution < 1.29 is 9.59 Å². The molecule has 0 atom stereocenters. The molecule has 0 aliphatic rings. The third-order valence-electron chi connectivity index (χ3n) is 0.918. The van der Waals surface area contributed by atoms with Gasteiger partial charge in [-0.05, 0) is 0 Å². The van der Waals surface area contributed by atoms with Gasteiger partial charge in [-0.2, -0.15) is 0 Å². The fourth-order valence-electron chi connectivity index (χ4n) is 0.327. The van der Waals surface area contributed by atoms with Crippen LogP contribution in [0.5, 0.6) is 0 Å². The highest BCUT2D eigenvalue weighted by Crippen LogP contribution is 1.80. The van der Waals surface area contributed by atoms with Crippen LogP contribution >= 0.6 is 0 Å². The van der Waals surface area contributed by atoms with Crippen LogP contribution in [0, 0.1) is 0 Å². The Morgan fingerprint density at radius 3 is 2.11 bits per heavy atom. The maximum atomic E-state index is 10.4. The van der Waals surface area contributed by atoms with Crippen molar-refractivity contribution in [1.29, 1.82) is 0 Å². The first-order valence-electron chi connectivity index (χ1n) is 2.50. The fourth-order valence-corrected chi connectivity index (χ4v) is 0.327. The highest BCUT2D eigenvalue weighted by molar-refractivity contribution is 5.81. The van der Waals surface area contributed by atoms with Crippen LogP contribution in [0.25, 0.3) is 0 Å². The third-order valence-corrected chi connectivity index (χ3v) is 0.918. The van der Waals surface area contributed by atoms with Crippen molar-refractivity contribution in [2.75, 3.05) is 13.6 Å². The summed E-state index contributed by atoms with van der Waals surface area (Å²) < 4.78 is 0. The van der Waals surface area contributed by atoms with Crippen molar-refractivity contribution >= 4 is 11.8 Å². The van der Waals surface area contributed by atoms with Crippen LogP contribution < -0.4 is 5.73 Å². The zero-order valence-electron chi connectivity index (χ0n) is 5.47. The van der Waals surface area contributed by atoms with Crippen LogP contribution in [0.4, 0.5) is 0 Å². The van der Waals surface area contributed by atoms with Crippen LogP contribution in [-0.2, 0) is 9.59 Å². The molecule has 0 rings (SSSR count). The van der Waals surface area contributed by atoms with Gasteiger partial charge in [-0.25, -0.2) is 0 Å². The van der Waals surface area contributed by atoms with Crippen LogP contribution in [0.2, 0.25) is 0 Å². The molecule has 0 saturated heterocycles. The molecule has 0 aromatic rings. The lowest BCUT2D eigenvalue weighted by Crippen LogP contribution is -2.30. The average molecular weight is 129 g/mol. The van der Waals surface area contributed by atoms with Crippen LogP contribution in [0.15, 0.2) is 0 Å². The SMILES string of the molecule is CC(=O)N(C)CC([NH])=O. The highest BCUT2D eigenvalue weighted by Gasteiger charge is 2.04. The van der Waals surface area contributed by atoms with Gasteiger partial charge in [0, 0.05) is 14.0 Å². The molecule has 0 bridgehead atoms. The van der Waals surface area contributed by atoms with Gasteiger partial charge in [0.15, 0.2) is 0 Å². The predicted molar refractivity (Wildman–Crippen MR) is 31.4 cm³/mol. The zero-order valence-corrected chi connectivity index (χ0v) is 5.47.